The average Bonchev–Trinajstić information content (AvgIpc) is 2.31. The summed E-state index contributed by atoms with van der Waals surface area (Å²) in [6.45, 7) is 0.955. The topological polar surface area (TPSA) is 40.5 Å². The van der Waals surface area contributed by atoms with Crippen LogP contribution in [0.4, 0.5) is 5.69 Å². The second kappa shape index (κ2) is 5.12. The number of carbonyl (C=O) groups excluding carboxylic acids is 1. The lowest BCUT2D eigenvalue weighted by Gasteiger charge is -2.31. The number of anilines is 1. The first-order chi connectivity index (χ1) is 7.81. The molecule has 1 aliphatic heterocycles. The van der Waals surface area contributed by atoms with E-state index >= 15 is 0 Å². The summed E-state index contributed by atoms with van der Waals surface area (Å²) in [7, 11) is 0. The van der Waals surface area contributed by atoms with Crippen LogP contribution in [-0.2, 0) is 4.79 Å². The number of amides is 1. The van der Waals surface area contributed by atoms with Crippen molar-refractivity contribution in [3.63, 3.8) is 0 Å². The molecule has 1 aromatic rings. The molecule has 86 valence electrons. The van der Waals surface area contributed by atoms with Gasteiger partial charge in [-0.1, -0.05) is 18.2 Å². The maximum atomic E-state index is 11.9. The van der Waals surface area contributed by atoms with Crippen LogP contribution in [0.3, 0.4) is 0 Å². The molecule has 1 aliphatic rings. The molecular weight excluding hydrogens is 202 g/mol. The van der Waals surface area contributed by atoms with Crippen LogP contribution >= 0.6 is 0 Å². The molecule has 0 spiro atoms. The number of aliphatic hydroxyl groups is 1. The fraction of sp³-hybridized carbons (Fsp3) is 0.462. The molecule has 0 aliphatic carbocycles. The zero-order valence-electron chi connectivity index (χ0n) is 9.30. The SMILES string of the molecule is O=C1CC(CCO)CCN1c1ccccc1. The Balaban J connectivity index is 2.02. The van der Waals surface area contributed by atoms with Gasteiger partial charge in [0.1, 0.15) is 0 Å². The number of para-hydroxylation sites is 1. The molecule has 0 aromatic heterocycles. The van der Waals surface area contributed by atoms with Crippen molar-refractivity contribution < 1.29 is 9.90 Å². The normalized spacial score (nSPS) is 21.2. The minimum atomic E-state index is 0.177. The monoisotopic (exact) mass is 219 g/mol. The molecule has 1 unspecified atom stereocenters. The number of carbonyl (C=O) groups is 1. The lowest BCUT2D eigenvalue weighted by Crippen LogP contribution is -2.39. The van der Waals surface area contributed by atoms with Crippen molar-refractivity contribution in [3.8, 4) is 0 Å². The lowest BCUT2D eigenvalue weighted by molar-refractivity contribution is -0.120. The molecule has 16 heavy (non-hydrogen) atoms. The number of piperidine rings is 1. The van der Waals surface area contributed by atoms with Crippen molar-refractivity contribution >= 4 is 11.6 Å². The van der Waals surface area contributed by atoms with Crippen molar-refractivity contribution in [2.45, 2.75) is 19.3 Å². The molecule has 3 nitrogen and oxygen atoms in total. The third-order valence-corrected chi connectivity index (χ3v) is 3.13. The van der Waals surface area contributed by atoms with Gasteiger partial charge in [0.05, 0.1) is 0 Å². The third kappa shape index (κ3) is 2.42. The van der Waals surface area contributed by atoms with Gasteiger partial charge in [-0.25, -0.2) is 0 Å². The predicted molar refractivity (Wildman–Crippen MR) is 63.2 cm³/mol. The zero-order chi connectivity index (χ0) is 11.4. The van der Waals surface area contributed by atoms with E-state index in [1.807, 2.05) is 35.2 Å². The van der Waals surface area contributed by atoms with Crippen LogP contribution in [0.1, 0.15) is 19.3 Å². The van der Waals surface area contributed by atoms with Gasteiger partial charge in [0.2, 0.25) is 5.91 Å². The summed E-state index contributed by atoms with van der Waals surface area (Å²) in [5.74, 6) is 0.536. The Morgan fingerprint density at radius 2 is 2.06 bits per heavy atom. The summed E-state index contributed by atoms with van der Waals surface area (Å²) in [5.41, 5.74) is 0.981. The van der Waals surface area contributed by atoms with Crippen LogP contribution in [0, 0.1) is 5.92 Å². The van der Waals surface area contributed by atoms with Gasteiger partial charge in [-0.2, -0.15) is 0 Å². The Bertz CT molecular complexity index is 350. The molecule has 1 amide bonds. The van der Waals surface area contributed by atoms with Crippen molar-refractivity contribution in [1.29, 1.82) is 0 Å². The van der Waals surface area contributed by atoms with E-state index in [0.29, 0.717) is 12.3 Å². The Labute approximate surface area is 95.7 Å². The van der Waals surface area contributed by atoms with Crippen molar-refractivity contribution in [3.05, 3.63) is 30.3 Å². The van der Waals surface area contributed by atoms with E-state index in [-0.39, 0.29) is 12.5 Å². The summed E-state index contributed by atoms with van der Waals surface area (Å²) in [6.07, 6.45) is 2.30. The number of hydrogen-bond donors (Lipinski definition) is 1. The second-order valence-electron chi connectivity index (χ2n) is 4.25. The molecule has 2 rings (SSSR count). The fourth-order valence-corrected chi connectivity index (χ4v) is 2.21. The molecule has 1 heterocycles. The van der Waals surface area contributed by atoms with Gasteiger partial charge in [-0.3, -0.25) is 4.79 Å². The van der Waals surface area contributed by atoms with E-state index < -0.39 is 0 Å². The summed E-state index contributed by atoms with van der Waals surface area (Å²) in [4.78, 5) is 13.8. The van der Waals surface area contributed by atoms with Gasteiger partial charge in [0.25, 0.3) is 0 Å². The molecule has 1 atom stereocenters. The lowest BCUT2D eigenvalue weighted by atomic mass is 9.93. The van der Waals surface area contributed by atoms with Crippen LogP contribution in [0.25, 0.3) is 0 Å². The van der Waals surface area contributed by atoms with Gasteiger partial charge in [0.15, 0.2) is 0 Å². The van der Waals surface area contributed by atoms with Gasteiger partial charge < -0.3 is 10.0 Å². The Hall–Kier alpha value is -1.35. The zero-order valence-corrected chi connectivity index (χ0v) is 9.30. The van der Waals surface area contributed by atoms with Gasteiger partial charge in [0, 0.05) is 25.3 Å². The van der Waals surface area contributed by atoms with Gasteiger partial charge >= 0.3 is 0 Å². The number of nitrogens with zero attached hydrogens (tertiary/aromatic N) is 1. The highest BCUT2D eigenvalue weighted by Crippen LogP contribution is 2.25. The number of benzene rings is 1. The third-order valence-electron chi connectivity index (χ3n) is 3.13. The highest BCUT2D eigenvalue weighted by molar-refractivity contribution is 5.94. The Morgan fingerprint density at radius 3 is 2.69 bits per heavy atom. The van der Waals surface area contributed by atoms with E-state index in [1.165, 1.54) is 0 Å². The quantitative estimate of drug-likeness (QED) is 0.842. The minimum Gasteiger partial charge on any atom is -0.396 e. The minimum absolute atomic E-state index is 0.177. The number of hydrogen-bond acceptors (Lipinski definition) is 2. The van der Waals surface area contributed by atoms with E-state index in [2.05, 4.69) is 0 Å². The number of rotatable bonds is 3. The maximum Gasteiger partial charge on any atom is 0.227 e. The highest BCUT2D eigenvalue weighted by atomic mass is 16.3. The molecule has 0 saturated carbocycles. The molecule has 3 heteroatoms. The van der Waals surface area contributed by atoms with Crippen molar-refractivity contribution in [2.75, 3.05) is 18.1 Å². The van der Waals surface area contributed by atoms with Crippen molar-refractivity contribution in [2.24, 2.45) is 5.92 Å². The van der Waals surface area contributed by atoms with E-state index in [9.17, 15) is 4.79 Å². The predicted octanol–water partition coefficient (Wildman–Crippen LogP) is 1.81. The summed E-state index contributed by atoms with van der Waals surface area (Å²) in [5, 5.41) is 8.86. The first kappa shape index (κ1) is 11.1. The molecule has 0 bridgehead atoms. The average molecular weight is 219 g/mol. The molecule has 1 N–H and O–H groups in total. The smallest absolute Gasteiger partial charge is 0.227 e. The van der Waals surface area contributed by atoms with Crippen LogP contribution in [0.5, 0.6) is 0 Å². The summed E-state index contributed by atoms with van der Waals surface area (Å²) >= 11 is 0. The van der Waals surface area contributed by atoms with Gasteiger partial charge in [-0.05, 0) is 30.9 Å². The standard InChI is InChI=1S/C13H17NO2/c15-9-7-11-6-8-14(13(16)10-11)12-4-2-1-3-5-12/h1-5,11,15H,6-10H2. The maximum absolute atomic E-state index is 11.9. The van der Waals surface area contributed by atoms with Crippen molar-refractivity contribution in [1.82, 2.24) is 0 Å². The molecule has 1 aromatic carbocycles. The summed E-state index contributed by atoms with van der Waals surface area (Å²) in [6, 6.07) is 9.77. The molecule has 1 saturated heterocycles. The van der Waals surface area contributed by atoms with Crippen LogP contribution in [0.15, 0.2) is 30.3 Å². The highest BCUT2D eigenvalue weighted by Gasteiger charge is 2.25. The summed E-state index contributed by atoms with van der Waals surface area (Å²) < 4.78 is 0. The second-order valence-corrected chi connectivity index (χ2v) is 4.25. The van der Waals surface area contributed by atoms with Crippen LogP contribution in [-0.4, -0.2) is 24.2 Å². The molecule has 1 fully saturated rings. The van der Waals surface area contributed by atoms with E-state index in [0.717, 1.165) is 25.1 Å². The largest absolute Gasteiger partial charge is 0.396 e. The molecular formula is C13H17NO2. The van der Waals surface area contributed by atoms with Gasteiger partial charge in [-0.15, -0.1) is 0 Å². The van der Waals surface area contributed by atoms with Crippen LogP contribution < -0.4 is 4.90 Å². The van der Waals surface area contributed by atoms with E-state index in [1.54, 1.807) is 0 Å². The van der Waals surface area contributed by atoms with Crippen LogP contribution in [0.2, 0.25) is 0 Å². The number of aliphatic hydroxyl groups excluding tert-OH is 1. The molecule has 0 radical (unpaired) electrons. The first-order valence-electron chi connectivity index (χ1n) is 5.77. The first-order valence-corrected chi connectivity index (χ1v) is 5.77. The Kier molecular flexibility index (Phi) is 3.57. The van der Waals surface area contributed by atoms with E-state index in [4.69, 9.17) is 5.11 Å². The Morgan fingerprint density at radius 1 is 1.31 bits per heavy atom. The fourth-order valence-electron chi connectivity index (χ4n) is 2.21.